The Morgan fingerprint density at radius 1 is 1.29 bits per heavy atom. The summed E-state index contributed by atoms with van der Waals surface area (Å²) < 4.78 is 4.98. The van der Waals surface area contributed by atoms with Crippen LogP contribution in [0.15, 0.2) is 42.5 Å². The van der Waals surface area contributed by atoms with Gasteiger partial charge in [0.05, 0.1) is 18.2 Å². The quantitative estimate of drug-likeness (QED) is 0.689. The molecule has 0 spiro atoms. The van der Waals surface area contributed by atoms with Gasteiger partial charge in [0.15, 0.2) is 5.82 Å². The molecule has 3 N–H and O–H groups in total. The molecule has 0 fully saturated rings. The number of methoxy groups -OCH3 is 1. The number of hydrogen-bond donors (Lipinski definition) is 3. The van der Waals surface area contributed by atoms with Crippen LogP contribution < -0.4 is 10.1 Å². The van der Waals surface area contributed by atoms with Gasteiger partial charge in [0, 0.05) is 11.5 Å². The maximum absolute atomic E-state index is 12.2. The highest BCUT2D eigenvalue weighted by atomic mass is 16.5. The van der Waals surface area contributed by atoms with E-state index in [4.69, 9.17) is 4.74 Å². The number of anilines is 1. The van der Waals surface area contributed by atoms with Gasteiger partial charge in [0.1, 0.15) is 11.5 Å². The van der Waals surface area contributed by atoms with E-state index >= 15 is 0 Å². The fraction of sp³-hybridized carbons (Fsp3) is 0.0667. The lowest BCUT2D eigenvalue weighted by atomic mass is 10.1. The summed E-state index contributed by atoms with van der Waals surface area (Å²) in [4.78, 5) is 12.2. The Morgan fingerprint density at radius 2 is 2.10 bits per heavy atom. The first-order valence-corrected chi connectivity index (χ1v) is 6.30. The Bertz CT molecular complexity index is 811. The molecule has 1 heterocycles. The van der Waals surface area contributed by atoms with Crippen molar-refractivity contribution >= 4 is 22.6 Å². The molecule has 0 saturated heterocycles. The third-order valence-corrected chi connectivity index (χ3v) is 3.15. The highest BCUT2D eigenvalue weighted by molar-refractivity contribution is 6.09. The number of fused-ring (bicyclic) bond motifs is 1. The lowest BCUT2D eigenvalue weighted by Crippen LogP contribution is -2.12. The maximum Gasteiger partial charge on any atom is 0.260 e. The Labute approximate surface area is 120 Å². The normalized spacial score (nSPS) is 10.5. The molecule has 0 radical (unpaired) electrons. The summed E-state index contributed by atoms with van der Waals surface area (Å²) >= 11 is 0. The number of benzene rings is 2. The lowest BCUT2D eigenvalue weighted by Gasteiger charge is -2.06. The van der Waals surface area contributed by atoms with Crippen LogP contribution in [0.25, 0.3) is 10.9 Å². The SMILES string of the molecule is COc1ccc(C(=O)Nc2n[nH]c3ccccc23)c(O)c1. The molecule has 0 aliphatic rings. The van der Waals surface area contributed by atoms with Crippen molar-refractivity contribution < 1.29 is 14.6 Å². The number of carbonyl (C=O) groups is 1. The van der Waals surface area contributed by atoms with Crippen LogP contribution in [0, 0.1) is 0 Å². The number of aromatic nitrogens is 2. The van der Waals surface area contributed by atoms with E-state index in [-0.39, 0.29) is 11.3 Å². The molecule has 0 saturated carbocycles. The monoisotopic (exact) mass is 283 g/mol. The molecule has 0 atom stereocenters. The first-order chi connectivity index (χ1) is 10.2. The van der Waals surface area contributed by atoms with Crippen LogP contribution in [0.2, 0.25) is 0 Å². The predicted molar refractivity (Wildman–Crippen MR) is 78.7 cm³/mol. The summed E-state index contributed by atoms with van der Waals surface area (Å²) in [5.74, 6) is 0.319. The highest BCUT2D eigenvalue weighted by Gasteiger charge is 2.14. The van der Waals surface area contributed by atoms with Gasteiger partial charge in [0.2, 0.25) is 0 Å². The van der Waals surface area contributed by atoms with E-state index in [0.717, 1.165) is 10.9 Å². The number of ether oxygens (including phenoxy) is 1. The molecule has 0 aliphatic heterocycles. The van der Waals surface area contributed by atoms with Gasteiger partial charge in [0.25, 0.3) is 5.91 Å². The van der Waals surface area contributed by atoms with Crippen LogP contribution in [0.1, 0.15) is 10.4 Å². The van der Waals surface area contributed by atoms with Crippen molar-refractivity contribution in [2.45, 2.75) is 0 Å². The molecule has 3 rings (SSSR count). The summed E-state index contributed by atoms with van der Waals surface area (Å²) in [6, 6.07) is 11.9. The Morgan fingerprint density at radius 3 is 2.86 bits per heavy atom. The molecule has 21 heavy (non-hydrogen) atoms. The van der Waals surface area contributed by atoms with Gasteiger partial charge in [-0.1, -0.05) is 12.1 Å². The highest BCUT2D eigenvalue weighted by Crippen LogP contribution is 2.25. The van der Waals surface area contributed by atoms with Crippen LogP contribution in [0.4, 0.5) is 5.82 Å². The van der Waals surface area contributed by atoms with Crippen LogP contribution in [-0.4, -0.2) is 28.3 Å². The zero-order chi connectivity index (χ0) is 14.8. The fourth-order valence-electron chi connectivity index (χ4n) is 2.06. The Kier molecular flexibility index (Phi) is 3.19. The predicted octanol–water partition coefficient (Wildman–Crippen LogP) is 2.53. The molecule has 106 valence electrons. The summed E-state index contributed by atoms with van der Waals surface area (Å²) in [5, 5.41) is 20.2. The number of phenolic OH excluding ortho intramolecular Hbond substituents is 1. The van der Waals surface area contributed by atoms with Crippen molar-refractivity contribution in [3.8, 4) is 11.5 Å². The van der Waals surface area contributed by atoms with E-state index in [9.17, 15) is 9.90 Å². The van der Waals surface area contributed by atoms with Gasteiger partial charge in [-0.05, 0) is 24.3 Å². The number of nitrogens with one attached hydrogen (secondary N) is 2. The average Bonchev–Trinajstić information content (AvgIpc) is 2.90. The van der Waals surface area contributed by atoms with E-state index in [1.807, 2.05) is 24.3 Å². The third-order valence-electron chi connectivity index (χ3n) is 3.15. The molecular weight excluding hydrogens is 270 g/mol. The second-order valence-electron chi connectivity index (χ2n) is 4.46. The minimum atomic E-state index is -0.438. The number of hydrogen-bond acceptors (Lipinski definition) is 4. The van der Waals surface area contributed by atoms with Gasteiger partial charge >= 0.3 is 0 Å². The van der Waals surface area contributed by atoms with Crippen LogP contribution >= 0.6 is 0 Å². The Hall–Kier alpha value is -3.02. The number of H-pyrrole nitrogens is 1. The summed E-state index contributed by atoms with van der Waals surface area (Å²) in [6.07, 6.45) is 0. The van der Waals surface area contributed by atoms with Gasteiger partial charge in [-0.3, -0.25) is 9.89 Å². The number of amides is 1. The number of nitrogens with zero attached hydrogens (tertiary/aromatic N) is 1. The number of aromatic hydroxyl groups is 1. The number of aromatic amines is 1. The molecule has 0 unspecified atom stereocenters. The van der Waals surface area contributed by atoms with Crippen LogP contribution in [0.3, 0.4) is 0 Å². The van der Waals surface area contributed by atoms with E-state index in [1.165, 1.54) is 19.2 Å². The zero-order valence-electron chi connectivity index (χ0n) is 11.3. The first kappa shape index (κ1) is 13.0. The number of carbonyl (C=O) groups excluding carboxylic acids is 1. The first-order valence-electron chi connectivity index (χ1n) is 6.30. The number of rotatable bonds is 3. The largest absolute Gasteiger partial charge is 0.507 e. The van der Waals surface area contributed by atoms with E-state index < -0.39 is 5.91 Å². The molecule has 6 heteroatoms. The zero-order valence-corrected chi connectivity index (χ0v) is 11.3. The molecule has 1 aromatic heterocycles. The second kappa shape index (κ2) is 5.16. The van der Waals surface area contributed by atoms with Crippen molar-refractivity contribution in [1.82, 2.24) is 10.2 Å². The van der Waals surface area contributed by atoms with Crippen molar-refractivity contribution in [1.29, 1.82) is 0 Å². The van der Waals surface area contributed by atoms with Gasteiger partial charge < -0.3 is 15.2 Å². The van der Waals surface area contributed by atoms with Gasteiger partial charge in [-0.25, -0.2) is 0 Å². The number of para-hydroxylation sites is 1. The molecule has 6 nitrogen and oxygen atoms in total. The fourth-order valence-corrected chi connectivity index (χ4v) is 2.06. The molecule has 1 amide bonds. The van der Waals surface area contributed by atoms with E-state index in [2.05, 4.69) is 15.5 Å². The van der Waals surface area contributed by atoms with Gasteiger partial charge in [-0.15, -0.1) is 0 Å². The van der Waals surface area contributed by atoms with Crippen molar-refractivity contribution in [3.63, 3.8) is 0 Å². The molecule has 3 aromatic rings. The minimum Gasteiger partial charge on any atom is -0.507 e. The lowest BCUT2D eigenvalue weighted by molar-refractivity contribution is 0.102. The van der Waals surface area contributed by atoms with E-state index in [0.29, 0.717) is 11.6 Å². The molecule has 0 bridgehead atoms. The Balaban J connectivity index is 1.89. The standard InChI is InChI=1S/C15H13N3O3/c1-21-9-6-7-11(13(19)8-9)15(20)16-14-10-4-2-3-5-12(10)17-18-14/h2-8,19H,1H3,(H2,16,17,18,20). The van der Waals surface area contributed by atoms with Crippen molar-refractivity contribution in [2.75, 3.05) is 12.4 Å². The molecular formula is C15H13N3O3. The van der Waals surface area contributed by atoms with E-state index in [1.54, 1.807) is 6.07 Å². The van der Waals surface area contributed by atoms with Gasteiger partial charge in [-0.2, -0.15) is 5.10 Å². The van der Waals surface area contributed by atoms with Crippen LogP contribution in [-0.2, 0) is 0 Å². The topological polar surface area (TPSA) is 87.2 Å². The smallest absolute Gasteiger partial charge is 0.260 e. The molecule has 2 aromatic carbocycles. The summed E-state index contributed by atoms with van der Waals surface area (Å²) in [7, 11) is 1.49. The minimum absolute atomic E-state index is 0.147. The summed E-state index contributed by atoms with van der Waals surface area (Å²) in [6.45, 7) is 0. The number of phenols is 1. The second-order valence-corrected chi connectivity index (χ2v) is 4.46. The molecule has 0 aliphatic carbocycles. The summed E-state index contributed by atoms with van der Waals surface area (Å²) in [5.41, 5.74) is 0.981. The van der Waals surface area contributed by atoms with Crippen molar-refractivity contribution in [2.24, 2.45) is 0 Å². The average molecular weight is 283 g/mol. The van der Waals surface area contributed by atoms with Crippen LogP contribution in [0.5, 0.6) is 11.5 Å². The van der Waals surface area contributed by atoms with Crippen molar-refractivity contribution in [3.05, 3.63) is 48.0 Å². The maximum atomic E-state index is 12.2. The third kappa shape index (κ3) is 2.38.